The Morgan fingerprint density at radius 3 is 2.50 bits per heavy atom. The number of amides is 1. The van der Waals surface area contributed by atoms with E-state index in [1.165, 1.54) is 24.3 Å². The number of halogens is 1. The number of rotatable bonds is 4. The van der Waals surface area contributed by atoms with Gasteiger partial charge in [-0.05, 0) is 42.5 Å². The third-order valence-electron chi connectivity index (χ3n) is 4.55. The van der Waals surface area contributed by atoms with Gasteiger partial charge in [0.05, 0.1) is 4.90 Å². The highest BCUT2D eigenvalue weighted by atomic mass is 35.5. The van der Waals surface area contributed by atoms with Gasteiger partial charge in [-0.15, -0.1) is 0 Å². The predicted octanol–water partition coefficient (Wildman–Crippen LogP) is 3.05. The first-order valence-corrected chi connectivity index (χ1v) is 9.60. The first-order valence-electron chi connectivity index (χ1n) is 7.57. The summed E-state index contributed by atoms with van der Waals surface area (Å²) >= 11 is 5.75. The van der Waals surface area contributed by atoms with Crippen LogP contribution in [0.5, 0.6) is 0 Å². The van der Waals surface area contributed by atoms with Gasteiger partial charge < -0.3 is 5.32 Å². The van der Waals surface area contributed by atoms with Gasteiger partial charge in [-0.3, -0.25) is 4.79 Å². The van der Waals surface area contributed by atoms with Crippen molar-refractivity contribution in [3.63, 3.8) is 0 Å². The summed E-state index contributed by atoms with van der Waals surface area (Å²) in [5, 5.41) is 3.36. The van der Waals surface area contributed by atoms with Crippen LogP contribution in [0.15, 0.2) is 29.2 Å². The second-order valence-electron chi connectivity index (χ2n) is 6.15. The molecule has 1 aliphatic rings. The van der Waals surface area contributed by atoms with Gasteiger partial charge in [-0.1, -0.05) is 38.3 Å². The van der Waals surface area contributed by atoms with Crippen molar-refractivity contribution in [3.8, 4) is 0 Å². The summed E-state index contributed by atoms with van der Waals surface area (Å²) < 4.78 is 24.5. The molecule has 0 spiro atoms. The Morgan fingerprint density at radius 1 is 1.23 bits per heavy atom. The van der Waals surface area contributed by atoms with E-state index in [0.717, 1.165) is 19.3 Å². The molecule has 0 saturated heterocycles. The van der Waals surface area contributed by atoms with Crippen LogP contribution in [-0.4, -0.2) is 26.1 Å². The minimum atomic E-state index is -3.63. The lowest BCUT2D eigenvalue weighted by molar-refractivity contribution is -0.120. The van der Waals surface area contributed by atoms with Crippen molar-refractivity contribution in [1.29, 1.82) is 0 Å². The zero-order valence-electron chi connectivity index (χ0n) is 12.9. The van der Waals surface area contributed by atoms with E-state index in [2.05, 4.69) is 19.2 Å². The number of carbonyl (C=O) groups is 1. The van der Waals surface area contributed by atoms with Crippen LogP contribution in [0, 0.1) is 11.8 Å². The molecule has 22 heavy (non-hydrogen) atoms. The normalized spacial score (nSPS) is 25.7. The molecule has 1 saturated carbocycles. The molecule has 1 amide bonds. The number of hydrogen-bond acceptors (Lipinski definition) is 3. The molecule has 6 heteroatoms. The van der Waals surface area contributed by atoms with E-state index in [0.29, 0.717) is 16.9 Å². The summed E-state index contributed by atoms with van der Waals surface area (Å²) in [4.78, 5) is 12.2. The Balaban J connectivity index is 2.00. The fourth-order valence-electron chi connectivity index (χ4n) is 2.93. The van der Waals surface area contributed by atoms with Crippen molar-refractivity contribution in [2.24, 2.45) is 11.8 Å². The van der Waals surface area contributed by atoms with E-state index < -0.39 is 21.5 Å². The van der Waals surface area contributed by atoms with Crippen LogP contribution in [0.2, 0.25) is 5.02 Å². The van der Waals surface area contributed by atoms with Gasteiger partial charge in [0.2, 0.25) is 5.91 Å². The van der Waals surface area contributed by atoms with E-state index in [4.69, 9.17) is 11.6 Å². The van der Waals surface area contributed by atoms with Crippen molar-refractivity contribution >= 4 is 27.3 Å². The van der Waals surface area contributed by atoms with Gasteiger partial charge in [0.25, 0.3) is 0 Å². The van der Waals surface area contributed by atoms with Crippen LogP contribution in [-0.2, 0) is 14.6 Å². The Kier molecular flexibility index (Phi) is 5.50. The summed E-state index contributed by atoms with van der Waals surface area (Å²) in [6, 6.07) is 5.94. The fraction of sp³-hybridized carbons (Fsp3) is 0.562. The lowest BCUT2D eigenvalue weighted by Crippen LogP contribution is -2.45. The molecule has 122 valence electrons. The van der Waals surface area contributed by atoms with E-state index in [9.17, 15) is 13.2 Å². The molecule has 1 N–H and O–H groups in total. The number of benzene rings is 1. The number of sulfone groups is 1. The molecular weight excluding hydrogens is 322 g/mol. The highest BCUT2D eigenvalue weighted by Crippen LogP contribution is 2.29. The molecule has 1 aromatic rings. The van der Waals surface area contributed by atoms with E-state index >= 15 is 0 Å². The van der Waals surface area contributed by atoms with Crippen molar-refractivity contribution < 1.29 is 13.2 Å². The third kappa shape index (κ3) is 4.23. The largest absolute Gasteiger partial charge is 0.352 e. The first-order chi connectivity index (χ1) is 10.3. The molecule has 0 aromatic heterocycles. The SMILES string of the molecule is CC1CCCC(NC(=O)CS(=O)(=O)c2ccc(Cl)cc2)C1C. The maximum absolute atomic E-state index is 12.2. The second kappa shape index (κ2) is 7.01. The van der Waals surface area contributed by atoms with Gasteiger partial charge in [-0.2, -0.15) is 0 Å². The smallest absolute Gasteiger partial charge is 0.235 e. The molecule has 1 aromatic carbocycles. The minimum absolute atomic E-state index is 0.0664. The van der Waals surface area contributed by atoms with Gasteiger partial charge in [0.15, 0.2) is 9.84 Å². The first kappa shape index (κ1) is 17.3. The molecular formula is C16H22ClNO3S. The third-order valence-corrected chi connectivity index (χ3v) is 6.43. The van der Waals surface area contributed by atoms with Gasteiger partial charge >= 0.3 is 0 Å². The van der Waals surface area contributed by atoms with Gasteiger partial charge in [-0.25, -0.2) is 8.42 Å². The number of hydrogen-bond donors (Lipinski definition) is 1. The van der Waals surface area contributed by atoms with E-state index in [1.54, 1.807) is 0 Å². The lowest BCUT2D eigenvalue weighted by Gasteiger charge is -2.34. The molecule has 0 aliphatic heterocycles. The second-order valence-corrected chi connectivity index (χ2v) is 8.58. The molecule has 3 atom stereocenters. The number of carbonyl (C=O) groups excluding carboxylic acids is 1. The zero-order valence-corrected chi connectivity index (χ0v) is 14.5. The number of nitrogens with one attached hydrogen (secondary N) is 1. The lowest BCUT2D eigenvalue weighted by atomic mass is 9.78. The topological polar surface area (TPSA) is 63.2 Å². The Hall–Kier alpha value is -1.07. The molecule has 1 fully saturated rings. The standard InChI is InChI=1S/C16H22ClNO3S/c1-11-4-3-5-15(12(11)2)18-16(19)10-22(20,21)14-8-6-13(17)7-9-14/h6-9,11-12,15H,3-5,10H2,1-2H3,(H,18,19). The molecule has 0 radical (unpaired) electrons. The van der Waals surface area contributed by atoms with Crippen LogP contribution >= 0.6 is 11.6 Å². The summed E-state index contributed by atoms with van der Waals surface area (Å²) in [6.07, 6.45) is 3.15. The molecule has 1 aliphatic carbocycles. The Labute approximate surface area is 137 Å². The van der Waals surface area contributed by atoms with Crippen molar-refractivity contribution in [3.05, 3.63) is 29.3 Å². The molecule has 0 bridgehead atoms. The summed E-state index contributed by atoms with van der Waals surface area (Å²) in [7, 11) is -3.63. The molecule has 2 rings (SSSR count). The van der Waals surface area contributed by atoms with Crippen LogP contribution < -0.4 is 5.32 Å². The monoisotopic (exact) mass is 343 g/mol. The summed E-state index contributed by atoms with van der Waals surface area (Å²) in [6.45, 7) is 4.29. The maximum Gasteiger partial charge on any atom is 0.235 e. The van der Waals surface area contributed by atoms with Gasteiger partial charge in [0, 0.05) is 11.1 Å². The summed E-state index contributed by atoms with van der Waals surface area (Å²) in [5.41, 5.74) is 0. The highest BCUT2D eigenvalue weighted by molar-refractivity contribution is 7.92. The average molecular weight is 344 g/mol. The fourth-order valence-corrected chi connectivity index (χ4v) is 4.20. The minimum Gasteiger partial charge on any atom is -0.352 e. The molecule has 3 unspecified atom stereocenters. The van der Waals surface area contributed by atoms with Crippen molar-refractivity contribution in [2.45, 2.75) is 44.0 Å². The van der Waals surface area contributed by atoms with E-state index in [-0.39, 0.29) is 10.9 Å². The highest BCUT2D eigenvalue weighted by Gasteiger charge is 2.29. The Bertz CT molecular complexity index is 627. The van der Waals surface area contributed by atoms with Crippen LogP contribution in [0.4, 0.5) is 0 Å². The summed E-state index contributed by atoms with van der Waals surface area (Å²) in [5.74, 6) is -0.0320. The molecule has 4 nitrogen and oxygen atoms in total. The van der Waals surface area contributed by atoms with Crippen LogP contribution in [0.25, 0.3) is 0 Å². The van der Waals surface area contributed by atoms with Crippen LogP contribution in [0.1, 0.15) is 33.1 Å². The van der Waals surface area contributed by atoms with Crippen molar-refractivity contribution in [2.75, 3.05) is 5.75 Å². The van der Waals surface area contributed by atoms with E-state index in [1.807, 2.05) is 0 Å². The maximum atomic E-state index is 12.2. The average Bonchev–Trinajstić information content (AvgIpc) is 2.44. The van der Waals surface area contributed by atoms with Gasteiger partial charge in [0.1, 0.15) is 5.75 Å². The Morgan fingerprint density at radius 2 is 1.86 bits per heavy atom. The van der Waals surface area contributed by atoms with Crippen molar-refractivity contribution in [1.82, 2.24) is 5.32 Å². The zero-order chi connectivity index (χ0) is 16.3. The predicted molar refractivity (Wildman–Crippen MR) is 87.6 cm³/mol. The van der Waals surface area contributed by atoms with Crippen LogP contribution in [0.3, 0.4) is 0 Å². The molecule has 0 heterocycles. The quantitative estimate of drug-likeness (QED) is 0.913.